The van der Waals surface area contributed by atoms with Crippen LogP contribution in [0.4, 0.5) is 0 Å². The van der Waals surface area contributed by atoms with E-state index in [1.165, 1.54) is 19.4 Å². The van der Waals surface area contributed by atoms with Crippen molar-refractivity contribution in [2.75, 3.05) is 32.7 Å². The van der Waals surface area contributed by atoms with Crippen molar-refractivity contribution < 1.29 is 9.47 Å². The van der Waals surface area contributed by atoms with Crippen LogP contribution in [0.1, 0.15) is 40.0 Å². The molecule has 19 heavy (non-hydrogen) atoms. The Hall–Kier alpha value is -0.160. The third-order valence-corrected chi connectivity index (χ3v) is 3.99. The molecule has 0 saturated carbocycles. The summed E-state index contributed by atoms with van der Waals surface area (Å²) in [6.45, 7) is 12.0. The molecule has 4 nitrogen and oxygen atoms in total. The Balaban J connectivity index is 1.57. The van der Waals surface area contributed by atoms with Crippen LogP contribution in [0.5, 0.6) is 0 Å². The van der Waals surface area contributed by atoms with E-state index in [9.17, 15) is 0 Å². The van der Waals surface area contributed by atoms with Crippen LogP contribution in [-0.4, -0.2) is 62.0 Å². The van der Waals surface area contributed by atoms with Crippen molar-refractivity contribution in [2.24, 2.45) is 0 Å². The molecule has 1 N–H and O–H groups in total. The van der Waals surface area contributed by atoms with Crippen LogP contribution in [0, 0.1) is 0 Å². The molecular weight excluding hydrogens is 240 g/mol. The predicted octanol–water partition coefficient (Wildman–Crippen LogP) is 1.64. The maximum absolute atomic E-state index is 6.04. The minimum absolute atomic E-state index is 0.349. The topological polar surface area (TPSA) is 33.7 Å². The van der Waals surface area contributed by atoms with Gasteiger partial charge in [0.05, 0.1) is 24.4 Å². The second kappa shape index (κ2) is 7.58. The number of rotatable bonds is 7. The third kappa shape index (κ3) is 5.38. The molecule has 0 spiro atoms. The molecule has 2 rings (SSSR count). The summed E-state index contributed by atoms with van der Waals surface area (Å²) in [6, 6.07) is 0. The maximum atomic E-state index is 6.04. The zero-order valence-corrected chi connectivity index (χ0v) is 12.7. The average Bonchev–Trinajstić information content (AvgIpc) is 2.97. The number of likely N-dealkylation sites (tertiary alicyclic amines) is 1. The van der Waals surface area contributed by atoms with Gasteiger partial charge in [-0.3, -0.25) is 0 Å². The number of hydrogen-bond acceptors (Lipinski definition) is 4. The van der Waals surface area contributed by atoms with E-state index in [1.807, 2.05) is 0 Å². The fourth-order valence-corrected chi connectivity index (χ4v) is 3.00. The Kier molecular flexibility index (Phi) is 6.07. The fourth-order valence-electron chi connectivity index (χ4n) is 3.00. The predicted molar refractivity (Wildman–Crippen MR) is 77.5 cm³/mol. The lowest BCUT2D eigenvalue weighted by atomic mass is 10.2. The van der Waals surface area contributed by atoms with Crippen LogP contribution in [0.2, 0.25) is 0 Å². The zero-order chi connectivity index (χ0) is 13.7. The Labute approximate surface area is 117 Å². The summed E-state index contributed by atoms with van der Waals surface area (Å²) in [4.78, 5) is 2.51. The Morgan fingerprint density at radius 1 is 1.16 bits per heavy atom. The molecule has 0 bridgehead atoms. The van der Waals surface area contributed by atoms with Gasteiger partial charge in [-0.25, -0.2) is 0 Å². The first-order valence-electron chi connectivity index (χ1n) is 7.87. The summed E-state index contributed by atoms with van der Waals surface area (Å²) in [7, 11) is 0. The highest BCUT2D eigenvalue weighted by Crippen LogP contribution is 2.16. The second-order valence-corrected chi connectivity index (χ2v) is 6.25. The number of ether oxygens (including phenoxy) is 2. The third-order valence-electron chi connectivity index (χ3n) is 3.99. The van der Waals surface area contributed by atoms with E-state index < -0.39 is 0 Å². The van der Waals surface area contributed by atoms with Crippen molar-refractivity contribution in [3.8, 4) is 0 Å². The van der Waals surface area contributed by atoms with E-state index in [0.29, 0.717) is 24.4 Å². The standard InChI is InChI=1S/C15H30N2O2/c1-12(2)18-15-6-9-17(11-15)8-5-13(3)19-14-4-7-16-10-14/h12-16H,4-11H2,1-3H3. The quantitative estimate of drug-likeness (QED) is 0.762. The molecule has 0 aromatic carbocycles. The Morgan fingerprint density at radius 2 is 2.00 bits per heavy atom. The monoisotopic (exact) mass is 270 g/mol. The van der Waals surface area contributed by atoms with Crippen molar-refractivity contribution in [3.63, 3.8) is 0 Å². The van der Waals surface area contributed by atoms with E-state index in [4.69, 9.17) is 9.47 Å². The van der Waals surface area contributed by atoms with E-state index in [0.717, 1.165) is 32.6 Å². The summed E-state index contributed by atoms with van der Waals surface area (Å²) in [5.41, 5.74) is 0. The summed E-state index contributed by atoms with van der Waals surface area (Å²) in [5.74, 6) is 0. The van der Waals surface area contributed by atoms with Gasteiger partial charge in [0.15, 0.2) is 0 Å². The molecule has 112 valence electrons. The molecule has 0 radical (unpaired) electrons. The highest BCUT2D eigenvalue weighted by Gasteiger charge is 2.24. The van der Waals surface area contributed by atoms with Gasteiger partial charge in [-0.05, 0) is 46.6 Å². The van der Waals surface area contributed by atoms with Gasteiger partial charge in [0.2, 0.25) is 0 Å². The molecule has 0 aromatic rings. The van der Waals surface area contributed by atoms with E-state index in [-0.39, 0.29) is 0 Å². The van der Waals surface area contributed by atoms with Gasteiger partial charge >= 0.3 is 0 Å². The first-order chi connectivity index (χ1) is 9.13. The lowest BCUT2D eigenvalue weighted by Gasteiger charge is -2.22. The highest BCUT2D eigenvalue weighted by molar-refractivity contribution is 4.78. The van der Waals surface area contributed by atoms with Crippen LogP contribution in [0.15, 0.2) is 0 Å². The summed E-state index contributed by atoms with van der Waals surface area (Å²) >= 11 is 0. The smallest absolute Gasteiger partial charge is 0.0717 e. The summed E-state index contributed by atoms with van der Waals surface area (Å²) < 4.78 is 11.9. The maximum Gasteiger partial charge on any atom is 0.0717 e. The molecule has 4 heteroatoms. The second-order valence-electron chi connectivity index (χ2n) is 6.25. The molecule has 0 aliphatic carbocycles. The van der Waals surface area contributed by atoms with Crippen molar-refractivity contribution in [3.05, 3.63) is 0 Å². The van der Waals surface area contributed by atoms with Crippen molar-refractivity contribution in [1.82, 2.24) is 10.2 Å². The highest BCUT2D eigenvalue weighted by atomic mass is 16.5. The molecule has 2 fully saturated rings. The van der Waals surface area contributed by atoms with Crippen LogP contribution < -0.4 is 5.32 Å². The SMILES string of the molecule is CC(C)OC1CCN(CCC(C)OC2CCNC2)C1. The first kappa shape index (κ1) is 15.2. The van der Waals surface area contributed by atoms with Crippen LogP contribution in [-0.2, 0) is 9.47 Å². The number of hydrogen-bond donors (Lipinski definition) is 1. The molecule has 0 amide bonds. The summed E-state index contributed by atoms with van der Waals surface area (Å²) in [5, 5.41) is 3.35. The molecule has 3 unspecified atom stereocenters. The van der Waals surface area contributed by atoms with Crippen LogP contribution >= 0.6 is 0 Å². The molecular formula is C15H30N2O2. The fraction of sp³-hybridized carbons (Fsp3) is 1.00. The lowest BCUT2D eigenvalue weighted by Crippen LogP contribution is -2.29. The van der Waals surface area contributed by atoms with Gasteiger partial charge in [-0.1, -0.05) is 0 Å². The normalized spacial score (nSPS) is 30.3. The average molecular weight is 270 g/mol. The van der Waals surface area contributed by atoms with Crippen LogP contribution in [0.3, 0.4) is 0 Å². The molecule has 2 saturated heterocycles. The molecule has 2 heterocycles. The van der Waals surface area contributed by atoms with E-state index >= 15 is 0 Å². The van der Waals surface area contributed by atoms with Gasteiger partial charge in [0.1, 0.15) is 0 Å². The Bertz CT molecular complexity index is 255. The van der Waals surface area contributed by atoms with E-state index in [1.54, 1.807) is 0 Å². The molecule has 3 atom stereocenters. The number of nitrogens with one attached hydrogen (secondary N) is 1. The minimum Gasteiger partial charge on any atom is -0.374 e. The van der Waals surface area contributed by atoms with Crippen LogP contribution in [0.25, 0.3) is 0 Å². The number of nitrogens with zero attached hydrogens (tertiary/aromatic N) is 1. The molecule has 0 aromatic heterocycles. The minimum atomic E-state index is 0.349. The van der Waals surface area contributed by atoms with Crippen molar-refractivity contribution in [1.29, 1.82) is 0 Å². The summed E-state index contributed by atoms with van der Waals surface area (Å²) in [6.07, 6.45) is 5.07. The Morgan fingerprint density at radius 3 is 2.68 bits per heavy atom. The van der Waals surface area contributed by atoms with Gasteiger partial charge in [0, 0.05) is 26.2 Å². The van der Waals surface area contributed by atoms with Crippen molar-refractivity contribution >= 4 is 0 Å². The zero-order valence-electron chi connectivity index (χ0n) is 12.7. The van der Waals surface area contributed by atoms with Gasteiger partial charge in [0.25, 0.3) is 0 Å². The van der Waals surface area contributed by atoms with Crippen molar-refractivity contribution in [2.45, 2.75) is 64.4 Å². The first-order valence-corrected chi connectivity index (χ1v) is 7.87. The van der Waals surface area contributed by atoms with Gasteiger partial charge < -0.3 is 19.7 Å². The largest absolute Gasteiger partial charge is 0.374 e. The van der Waals surface area contributed by atoms with Gasteiger partial charge in [-0.2, -0.15) is 0 Å². The lowest BCUT2D eigenvalue weighted by molar-refractivity contribution is -0.00288. The molecule has 2 aliphatic heterocycles. The van der Waals surface area contributed by atoms with E-state index in [2.05, 4.69) is 31.0 Å². The molecule has 2 aliphatic rings. The van der Waals surface area contributed by atoms with Gasteiger partial charge in [-0.15, -0.1) is 0 Å².